The van der Waals surface area contributed by atoms with Crippen molar-refractivity contribution in [3.05, 3.63) is 12.0 Å². The molecule has 1 aliphatic rings. The van der Waals surface area contributed by atoms with Gasteiger partial charge in [0.2, 0.25) is 17.5 Å². The number of rotatable bonds is 9. The van der Waals surface area contributed by atoms with Crippen LogP contribution in [-0.2, 0) is 9.53 Å². The van der Waals surface area contributed by atoms with Crippen molar-refractivity contribution in [1.29, 1.82) is 0 Å². The molecule has 0 bridgehead atoms. The Kier molecular flexibility index (Phi) is 7.50. The number of ether oxygens (including phenoxy) is 2. The molecule has 0 amide bonds. The van der Waals surface area contributed by atoms with Crippen molar-refractivity contribution in [2.75, 3.05) is 7.11 Å². The first-order chi connectivity index (χ1) is 14.3. The van der Waals surface area contributed by atoms with E-state index in [1.54, 1.807) is 6.07 Å². The van der Waals surface area contributed by atoms with E-state index in [2.05, 4.69) is 15.3 Å². The Morgan fingerprint density at radius 1 is 1.20 bits per heavy atom. The third kappa shape index (κ3) is 6.57. The van der Waals surface area contributed by atoms with Crippen LogP contribution in [0.5, 0.6) is 5.88 Å². The summed E-state index contributed by atoms with van der Waals surface area (Å²) < 4.78 is 21.2. The number of carbonyl (C=O) groups excluding carboxylic acids is 1. The van der Waals surface area contributed by atoms with E-state index in [-0.39, 0.29) is 18.3 Å². The molecule has 2 aromatic rings. The quantitative estimate of drug-likeness (QED) is 0.505. The van der Waals surface area contributed by atoms with E-state index in [4.69, 9.17) is 18.5 Å². The number of esters is 1. The summed E-state index contributed by atoms with van der Waals surface area (Å²) in [5.41, 5.74) is -0.528. The van der Waals surface area contributed by atoms with Crippen LogP contribution in [-0.4, -0.2) is 34.0 Å². The van der Waals surface area contributed by atoms with Gasteiger partial charge in [-0.1, -0.05) is 50.1 Å². The van der Waals surface area contributed by atoms with Crippen molar-refractivity contribution in [3.63, 3.8) is 0 Å². The van der Waals surface area contributed by atoms with E-state index in [0.717, 1.165) is 18.8 Å². The van der Waals surface area contributed by atoms with Gasteiger partial charge in [-0.05, 0) is 38.3 Å². The van der Waals surface area contributed by atoms with Crippen LogP contribution >= 0.6 is 0 Å². The van der Waals surface area contributed by atoms with Gasteiger partial charge in [0, 0.05) is 5.92 Å². The average Bonchev–Trinajstić information content (AvgIpc) is 3.36. The van der Waals surface area contributed by atoms with Gasteiger partial charge >= 0.3 is 5.97 Å². The van der Waals surface area contributed by atoms with E-state index < -0.39 is 5.60 Å². The minimum atomic E-state index is -0.528. The van der Waals surface area contributed by atoms with Gasteiger partial charge in [-0.2, -0.15) is 4.98 Å². The molecule has 8 heteroatoms. The lowest BCUT2D eigenvalue weighted by atomic mass is 9.84. The van der Waals surface area contributed by atoms with Gasteiger partial charge in [-0.15, -0.1) is 0 Å². The van der Waals surface area contributed by atoms with Crippen LogP contribution in [0.3, 0.4) is 0 Å². The van der Waals surface area contributed by atoms with E-state index >= 15 is 0 Å². The van der Waals surface area contributed by atoms with Crippen LogP contribution in [0, 0.1) is 5.92 Å². The van der Waals surface area contributed by atoms with Gasteiger partial charge in [-0.3, -0.25) is 4.79 Å². The largest absolute Gasteiger partial charge is 0.479 e. The molecule has 1 aliphatic carbocycles. The molecule has 8 nitrogen and oxygen atoms in total. The maximum absolute atomic E-state index is 12.5. The molecule has 1 fully saturated rings. The molecule has 2 heterocycles. The minimum Gasteiger partial charge on any atom is -0.479 e. The Bertz CT molecular complexity index is 802. The third-order valence-corrected chi connectivity index (χ3v) is 5.43. The van der Waals surface area contributed by atoms with Gasteiger partial charge in [-0.25, -0.2) is 0 Å². The number of hydrogen-bond donors (Lipinski definition) is 0. The first-order valence-electron chi connectivity index (χ1n) is 10.9. The van der Waals surface area contributed by atoms with Crippen LogP contribution in [0.4, 0.5) is 0 Å². The molecule has 0 aliphatic heterocycles. The summed E-state index contributed by atoms with van der Waals surface area (Å²) in [4.78, 5) is 16.9. The molecule has 0 N–H and O–H groups in total. The van der Waals surface area contributed by atoms with Gasteiger partial charge in [0.15, 0.2) is 0 Å². The van der Waals surface area contributed by atoms with Crippen molar-refractivity contribution >= 4 is 5.97 Å². The topological polar surface area (TPSA) is 100 Å². The average molecular weight is 420 g/mol. The molecule has 1 atom stereocenters. The van der Waals surface area contributed by atoms with Gasteiger partial charge in [0.05, 0.1) is 19.6 Å². The summed E-state index contributed by atoms with van der Waals surface area (Å²) in [5.74, 6) is 1.77. The molecule has 30 heavy (non-hydrogen) atoms. The highest BCUT2D eigenvalue weighted by molar-refractivity contribution is 5.70. The third-order valence-electron chi connectivity index (χ3n) is 5.43. The fraction of sp³-hybridized carbons (Fsp3) is 0.727. The van der Waals surface area contributed by atoms with E-state index in [9.17, 15) is 4.79 Å². The highest BCUT2D eigenvalue weighted by Gasteiger charge is 2.27. The van der Waals surface area contributed by atoms with Crippen LogP contribution in [0.2, 0.25) is 0 Å². The molecular weight excluding hydrogens is 386 g/mol. The van der Waals surface area contributed by atoms with E-state index in [1.807, 2.05) is 20.8 Å². The second-order valence-electron chi connectivity index (χ2n) is 9.11. The minimum absolute atomic E-state index is 0.186. The zero-order chi connectivity index (χ0) is 21.6. The van der Waals surface area contributed by atoms with Crippen molar-refractivity contribution in [2.45, 2.75) is 90.1 Å². The number of methoxy groups -OCH3 is 1. The lowest BCUT2D eigenvalue weighted by Gasteiger charge is -2.23. The molecule has 166 valence electrons. The molecule has 1 saturated carbocycles. The normalized spacial score (nSPS) is 16.4. The molecular formula is C22H33N3O5. The van der Waals surface area contributed by atoms with Gasteiger partial charge in [0.25, 0.3) is 5.88 Å². The van der Waals surface area contributed by atoms with Crippen molar-refractivity contribution in [2.24, 2.45) is 5.92 Å². The monoisotopic (exact) mass is 419 g/mol. The molecule has 0 spiro atoms. The number of carbonyl (C=O) groups is 1. The first-order valence-corrected chi connectivity index (χ1v) is 10.9. The highest BCUT2D eigenvalue weighted by Crippen LogP contribution is 2.32. The Hall–Kier alpha value is -2.38. The van der Waals surface area contributed by atoms with Crippen molar-refractivity contribution < 1.29 is 23.3 Å². The first kappa shape index (κ1) is 22.3. The number of aromatic nitrogens is 3. The van der Waals surface area contributed by atoms with Crippen molar-refractivity contribution in [3.8, 4) is 17.5 Å². The van der Waals surface area contributed by atoms with Crippen LogP contribution < -0.4 is 4.74 Å². The number of hydrogen-bond acceptors (Lipinski definition) is 8. The maximum Gasteiger partial charge on any atom is 0.307 e. The Morgan fingerprint density at radius 3 is 2.63 bits per heavy atom. The fourth-order valence-corrected chi connectivity index (χ4v) is 3.99. The Morgan fingerprint density at radius 2 is 1.97 bits per heavy atom. The smallest absolute Gasteiger partial charge is 0.307 e. The molecule has 2 aromatic heterocycles. The molecule has 0 radical (unpaired) electrons. The second-order valence-corrected chi connectivity index (χ2v) is 9.11. The molecule has 0 aromatic carbocycles. The highest BCUT2D eigenvalue weighted by atomic mass is 16.6. The molecule has 3 rings (SSSR count). The van der Waals surface area contributed by atoms with Gasteiger partial charge in [0.1, 0.15) is 5.60 Å². The zero-order valence-electron chi connectivity index (χ0n) is 18.5. The predicted octanol–water partition coefficient (Wildman–Crippen LogP) is 5.30. The summed E-state index contributed by atoms with van der Waals surface area (Å²) in [5, 5.41) is 7.77. The molecule has 1 unspecified atom stereocenters. The summed E-state index contributed by atoms with van der Waals surface area (Å²) in [6, 6.07) is 1.60. The number of nitrogens with zero attached hydrogens (tertiary/aromatic N) is 3. The predicted molar refractivity (Wildman–Crippen MR) is 110 cm³/mol. The zero-order valence-corrected chi connectivity index (χ0v) is 18.5. The summed E-state index contributed by atoms with van der Waals surface area (Å²) in [6.07, 6.45) is 9.86. The van der Waals surface area contributed by atoms with Crippen LogP contribution in [0.15, 0.2) is 15.1 Å². The maximum atomic E-state index is 12.5. The van der Waals surface area contributed by atoms with Crippen molar-refractivity contribution in [1.82, 2.24) is 15.3 Å². The second kappa shape index (κ2) is 10.1. The summed E-state index contributed by atoms with van der Waals surface area (Å²) in [6.45, 7) is 5.60. The Labute approximate surface area is 177 Å². The lowest BCUT2D eigenvalue weighted by Crippen LogP contribution is -2.25. The Balaban J connectivity index is 1.67. The van der Waals surface area contributed by atoms with E-state index in [0.29, 0.717) is 23.4 Å². The van der Waals surface area contributed by atoms with E-state index in [1.165, 1.54) is 45.6 Å². The SMILES string of the molecule is COc1cc(-c2noc(C(CCCC3CCCCC3)CC(=O)OC(C)(C)C)n2)on1. The summed E-state index contributed by atoms with van der Waals surface area (Å²) >= 11 is 0. The molecule has 0 saturated heterocycles. The fourth-order valence-electron chi connectivity index (χ4n) is 3.99. The standard InChI is InChI=1S/C22H33N3O5/c1-22(2,3)28-19(26)13-16(12-8-11-15-9-6-5-7-10-15)21-23-20(25-30-21)17-14-18(27-4)24-29-17/h14-16H,5-13H2,1-4H3. The summed E-state index contributed by atoms with van der Waals surface area (Å²) in [7, 11) is 1.51. The van der Waals surface area contributed by atoms with Crippen LogP contribution in [0.25, 0.3) is 11.6 Å². The van der Waals surface area contributed by atoms with Gasteiger partial charge < -0.3 is 18.5 Å². The lowest BCUT2D eigenvalue weighted by molar-refractivity contribution is -0.155. The van der Waals surface area contributed by atoms with Crippen LogP contribution in [0.1, 0.15) is 90.4 Å².